The van der Waals surface area contributed by atoms with Crippen molar-refractivity contribution in [3.8, 4) is 0 Å². The number of allylic oxidation sites excluding steroid dienone is 5. The average Bonchev–Trinajstić information content (AvgIpc) is 3.46. The summed E-state index contributed by atoms with van der Waals surface area (Å²) in [6, 6.07) is 26.5. The molecular weight excluding hydrogens is 438 g/mol. The molecule has 0 unspecified atom stereocenters. The Morgan fingerprint density at radius 3 is 2.33 bits per heavy atom. The highest BCUT2D eigenvalue weighted by molar-refractivity contribution is 6.25. The van der Waals surface area contributed by atoms with Crippen molar-refractivity contribution in [3.63, 3.8) is 0 Å². The van der Waals surface area contributed by atoms with Crippen molar-refractivity contribution in [2.45, 2.75) is 25.7 Å². The Kier molecular flexibility index (Phi) is 4.18. The van der Waals surface area contributed by atoms with Crippen LogP contribution in [0.2, 0.25) is 0 Å². The molecule has 0 N–H and O–H groups in total. The molecule has 172 valence electrons. The predicted molar refractivity (Wildman–Crippen MR) is 151 cm³/mol. The van der Waals surface area contributed by atoms with Crippen LogP contribution in [0.3, 0.4) is 0 Å². The zero-order valence-electron chi connectivity index (χ0n) is 20.0. The normalized spacial score (nSPS) is 15.6. The van der Waals surface area contributed by atoms with Crippen LogP contribution in [0.5, 0.6) is 0 Å². The fraction of sp³-hybridized carbons (Fsp3) is 0.121. The quantitative estimate of drug-likeness (QED) is 0.253. The summed E-state index contributed by atoms with van der Waals surface area (Å²) in [7, 11) is 0. The molecule has 0 aliphatic heterocycles. The van der Waals surface area contributed by atoms with Gasteiger partial charge in [-0.25, -0.2) is 4.98 Å². The molecule has 36 heavy (non-hydrogen) atoms. The van der Waals surface area contributed by atoms with Crippen molar-refractivity contribution in [3.05, 3.63) is 114 Å². The fourth-order valence-electron chi connectivity index (χ4n) is 6.34. The summed E-state index contributed by atoms with van der Waals surface area (Å²) in [6.07, 6.45) is 15.4. The molecule has 3 heteroatoms. The molecule has 2 aliphatic carbocycles. The molecule has 3 aromatic heterocycles. The van der Waals surface area contributed by atoms with Crippen molar-refractivity contribution >= 4 is 55.1 Å². The van der Waals surface area contributed by atoms with Gasteiger partial charge in [0.25, 0.3) is 0 Å². The largest absolute Gasteiger partial charge is 0.308 e. The lowest BCUT2D eigenvalue weighted by molar-refractivity contribution is 0.957. The van der Waals surface area contributed by atoms with Crippen LogP contribution in [0.25, 0.3) is 55.1 Å². The number of aryl methyl sites for hydroxylation is 1. The van der Waals surface area contributed by atoms with E-state index in [9.17, 15) is 0 Å². The third kappa shape index (κ3) is 2.66. The third-order valence-corrected chi connectivity index (χ3v) is 7.88. The van der Waals surface area contributed by atoms with Crippen molar-refractivity contribution in [1.29, 1.82) is 0 Å². The Morgan fingerprint density at radius 2 is 1.47 bits per heavy atom. The van der Waals surface area contributed by atoms with E-state index in [-0.39, 0.29) is 0 Å². The highest BCUT2D eigenvalue weighted by Gasteiger charge is 2.24. The summed E-state index contributed by atoms with van der Waals surface area (Å²) in [5, 5.41) is 4.96. The fourth-order valence-corrected chi connectivity index (χ4v) is 6.34. The molecule has 3 aromatic carbocycles. The summed E-state index contributed by atoms with van der Waals surface area (Å²) >= 11 is 0. The average molecular weight is 464 g/mol. The molecule has 0 radical (unpaired) electrons. The second kappa shape index (κ2) is 7.56. The molecule has 0 fully saturated rings. The number of fused-ring (bicyclic) bond motifs is 8. The molecule has 0 spiro atoms. The maximum absolute atomic E-state index is 5.14. The van der Waals surface area contributed by atoms with E-state index < -0.39 is 0 Å². The Balaban J connectivity index is 1.59. The summed E-state index contributed by atoms with van der Waals surface area (Å²) in [6.45, 7) is 0. The number of nitrogens with zero attached hydrogens (tertiary/aromatic N) is 3. The van der Waals surface area contributed by atoms with Gasteiger partial charge in [-0.15, -0.1) is 0 Å². The Morgan fingerprint density at radius 1 is 0.694 bits per heavy atom. The predicted octanol–water partition coefficient (Wildman–Crippen LogP) is 8.32. The Hall–Kier alpha value is -4.37. The van der Waals surface area contributed by atoms with Gasteiger partial charge in [0.05, 0.1) is 21.9 Å². The zero-order valence-corrected chi connectivity index (χ0v) is 20.0. The molecule has 3 nitrogen and oxygen atoms in total. The number of pyridine rings is 1. The van der Waals surface area contributed by atoms with Crippen molar-refractivity contribution in [2.75, 3.05) is 0 Å². The van der Waals surface area contributed by atoms with E-state index in [1.807, 2.05) is 0 Å². The van der Waals surface area contributed by atoms with Gasteiger partial charge in [0, 0.05) is 39.3 Å². The van der Waals surface area contributed by atoms with Gasteiger partial charge in [0.15, 0.2) is 0 Å². The highest BCUT2D eigenvalue weighted by atomic mass is 15.1. The second-order valence-electron chi connectivity index (χ2n) is 9.83. The van der Waals surface area contributed by atoms with Gasteiger partial charge in [0.1, 0.15) is 5.65 Å². The maximum Gasteiger partial charge on any atom is 0.147 e. The molecule has 0 saturated heterocycles. The first kappa shape index (κ1) is 19.9. The van der Waals surface area contributed by atoms with E-state index in [2.05, 4.69) is 112 Å². The van der Waals surface area contributed by atoms with Gasteiger partial charge in [-0.05, 0) is 49.5 Å². The Bertz CT molecular complexity index is 1940. The number of hydrogen-bond donors (Lipinski definition) is 0. The van der Waals surface area contributed by atoms with Crippen LogP contribution in [0.4, 0.5) is 0 Å². The Labute approximate surface area is 209 Å². The minimum absolute atomic E-state index is 1.02. The van der Waals surface area contributed by atoms with Gasteiger partial charge in [-0.2, -0.15) is 0 Å². The van der Waals surface area contributed by atoms with E-state index in [1.54, 1.807) is 0 Å². The molecule has 0 amide bonds. The standard InChI is InChI=1S/C33H25N3/c1-2-13-23(14-3-1)35-30-19-9-7-17-26(30)31-32-27(21-34-33(31)35)25-16-6-8-18-29(25)36(32)28-20-10-12-22-11-4-5-15-24(22)28/h1-2,4-9,11,13,15-21H,3,10,12,14H2. The third-order valence-electron chi connectivity index (χ3n) is 7.88. The minimum atomic E-state index is 1.02. The lowest BCUT2D eigenvalue weighted by atomic mass is 9.94. The summed E-state index contributed by atoms with van der Waals surface area (Å²) in [5.41, 5.74) is 10.1. The van der Waals surface area contributed by atoms with Crippen molar-refractivity contribution in [2.24, 2.45) is 0 Å². The first-order valence-corrected chi connectivity index (χ1v) is 12.9. The molecule has 0 saturated carbocycles. The van der Waals surface area contributed by atoms with Gasteiger partial charge in [0.2, 0.25) is 0 Å². The lowest BCUT2D eigenvalue weighted by Gasteiger charge is -2.20. The monoisotopic (exact) mass is 463 g/mol. The number of benzene rings is 3. The molecule has 8 rings (SSSR count). The van der Waals surface area contributed by atoms with Crippen LogP contribution in [0, 0.1) is 0 Å². The lowest BCUT2D eigenvalue weighted by Crippen LogP contribution is -2.07. The summed E-state index contributed by atoms with van der Waals surface area (Å²) in [4.78, 5) is 5.14. The molecule has 0 bridgehead atoms. The van der Waals surface area contributed by atoms with E-state index in [4.69, 9.17) is 4.98 Å². The minimum Gasteiger partial charge on any atom is -0.308 e. The number of rotatable bonds is 2. The number of hydrogen-bond acceptors (Lipinski definition) is 1. The number of para-hydroxylation sites is 2. The first-order valence-electron chi connectivity index (χ1n) is 12.9. The SMILES string of the molecule is C1=CCCC(n2c3ccccc3c3c2ncc2c4ccccc4n(C4=CCCc5ccccc54)c23)=C1. The highest BCUT2D eigenvalue weighted by Crippen LogP contribution is 2.43. The van der Waals surface area contributed by atoms with Gasteiger partial charge < -0.3 is 4.57 Å². The van der Waals surface area contributed by atoms with Crippen LogP contribution >= 0.6 is 0 Å². The van der Waals surface area contributed by atoms with Crippen molar-refractivity contribution < 1.29 is 0 Å². The molecule has 2 aliphatic rings. The topological polar surface area (TPSA) is 22.8 Å². The molecule has 0 atom stereocenters. The second-order valence-corrected chi connectivity index (χ2v) is 9.83. The zero-order chi connectivity index (χ0) is 23.6. The van der Waals surface area contributed by atoms with Crippen LogP contribution in [0.1, 0.15) is 30.4 Å². The van der Waals surface area contributed by atoms with Crippen molar-refractivity contribution in [1.82, 2.24) is 14.1 Å². The summed E-state index contributed by atoms with van der Waals surface area (Å²) < 4.78 is 4.90. The number of aromatic nitrogens is 3. The van der Waals surface area contributed by atoms with Gasteiger partial charge in [-0.1, -0.05) is 78.9 Å². The van der Waals surface area contributed by atoms with E-state index in [1.165, 1.54) is 60.6 Å². The van der Waals surface area contributed by atoms with Crippen LogP contribution in [-0.2, 0) is 6.42 Å². The molecule has 3 heterocycles. The maximum atomic E-state index is 5.14. The van der Waals surface area contributed by atoms with Crippen LogP contribution < -0.4 is 0 Å². The molecular formula is C33H25N3. The van der Waals surface area contributed by atoms with Crippen LogP contribution in [0.15, 0.2) is 103 Å². The first-order chi connectivity index (χ1) is 17.9. The smallest absolute Gasteiger partial charge is 0.147 e. The van der Waals surface area contributed by atoms with Gasteiger partial charge >= 0.3 is 0 Å². The van der Waals surface area contributed by atoms with Crippen LogP contribution in [-0.4, -0.2) is 14.1 Å². The van der Waals surface area contributed by atoms with Gasteiger partial charge in [-0.3, -0.25) is 4.57 Å². The van der Waals surface area contributed by atoms with E-state index in [0.717, 1.165) is 31.3 Å². The summed E-state index contributed by atoms with van der Waals surface area (Å²) in [5.74, 6) is 0. The van der Waals surface area contributed by atoms with E-state index >= 15 is 0 Å². The molecule has 6 aromatic rings. The van der Waals surface area contributed by atoms with E-state index in [0.29, 0.717) is 0 Å².